The van der Waals surface area contributed by atoms with Crippen molar-refractivity contribution in [3.05, 3.63) is 77.1 Å². The molecule has 2 aromatic carbocycles. The summed E-state index contributed by atoms with van der Waals surface area (Å²) in [5.74, 6) is -2.19. The second kappa shape index (κ2) is 8.34. The van der Waals surface area contributed by atoms with Gasteiger partial charge in [0.25, 0.3) is 17.7 Å². The van der Waals surface area contributed by atoms with E-state index < -0.39 is 23.5 Å². The molecule has 148 valence electrons. The average Bonchev–Trinajstić information content (AvgIpc) is 3.19. The highest BCUT2D eigenvalue weighted by Gasteiger charge is 2.19. The van der Waals surface area contributed by atoms with Crippen LogP contribution in [-0.4, -0.2) is 34.7 Å². The second-order valence-corrected chi connectivity index (χ2v) is 6.12. The highest BCUT2D eigenvalue weighted by molar-refractivity contribution is 6.10. The van der Waals surface area contributed by atoms with E-state index in [-0.39, 0.29) is 17.0 Å². The molecule has 0 saturated heterocycles. The number of carbonyl (C=O) groups excluding carboxylic acids is 3. The standard InChI is InChI=1S/C20H18FN5O3/c1-11-4-3-5-14(21)15(11)18(27)25-12-6-8-13(9-7-12)26-20(29)17-16(19(28)22-2)23-10-24-17/h3-10H,1-2H3,(H,22,28)(H,23,24)(H,25,27)(H,26,29). The third-order valence-corrected chi connectivity index (χ3v) is 4.16. The smallest absolute Gasteiger partial charge is 0.274 e. The SMILES string of the molecule is CNC(=O)c1nc[nH]c1C(=O)Nc1ccc(NC(=O)c2c(C)cccc2F)cc1. The molecule has 0 spiro atoms. The van der Waals surface area contributed by atoms with E-state index >= 15 is 0 Å². The van der Waals surface area contributed by atoms with Gasteiger partial charge in [0.05, 0.1) is 11.9 Å². The predicted molar refractivity (Wildman–Crippen MR) is 105 cm³/mol. The van der Waals surface area contributed by atoms with Gasteiger partial charge >= 0.3 is 0 Å². The van der Waals surface area contributed by atoms with Crippen molar-refractivity contribution in [2.45, 2.75) is 6.92 Å². The van der Waals surface area contributed by atoms with E-state index in [1.54, 1.807) is 37.3 Å². The van der Waals surface area contributed by atoms with E-state index in [9.17, 15) is 18.8 Å². The van der Waals surface area contributed by atoms with Gasteiger partial charge in [-0.3, -0.25) is 14.4 Å². The lowest BCUT2D eigenvalue weighted by atomic mass is 10.1. The van der Waals surface area contributed by atoms with E-state index in [0.29, 0.717) is 16.9 Å². The van der Waals surface area contributed by atoms with Crippen molar-refractivity contribution < 1.29 is 18.8 Å². The maximum absolute atomic E-state index is 13.9. The van der Waals surface area contributed by atoms with Crippen molar-refractivity contribution in [1.82, 2.24) is 15.3 Å². The first-order valence-corrected chi connectivity index (χ1v) is 8.64. The van der Waals surface area contributed by atoms with Gasteiger partial charge in [-0.1, -0.05) is 12.1 Å². The van der Waals surface area contributed by atoms with Crippen LogP contribution in [0, 0.1) is 12.7 Å². The van der Waals surface area contributed by atoms with E-state index in [4.69, 9.17) is 0 Å². The molecule has 0 aliphatic carbocycles. The minimum absolute atomic E-state index is 0.0193. The maximum Gasteiger partial charge on any atom is 0.274 e. The first kappa shape index (κ1) is 19.7. The average molecular weight is 395 g/mol. The molecule has 0 bridgehead atoms. The van der Waals surface area contributed by atoms with Crippen LogP contribution in [-0.2, 0) is 0 Å². The minimum Gasteiger partial charge on any atom is -0.354 e. The molecule has 4 N–H and O–H groups in total. The van der Waals surface area contributed by atoms with Gasteiger partial charge in [-0.15, -0.1) is 0 Å². The molecule has 9 heteroatoms. The Balaban J connectivity index is 1.69. The summed E-state index contributed by atoms with van der Waals surface area (Å²) in [6, 6.07) is 10.7. The normalized spacial score (nSPS) is 10.3. The molecule has 1 aromatic heterocycles. The number of nitrogens with zero attached hydrogens (tertiary/aromatic N) is 1. The molecule has 0 unspecified atom stereocenters. The second-order valence-electron chi connectivity index (χ2n) is 6.12. The first-order valence-electron chi connectivity index (χ1n) is 8.64. The summed E-state index contributed by atoms with van der Waals surface area (Å²) in [4.78, 5) is 42.9. The number of H-pyrrole nitrogens is 1. The van der Waals surface area contributed by atoms with Crippen LogP contribution in [0.25, 0.3) is 0 Å². The molecular weight excluding hydrogens is 377 g/mol. The minimum atomic E-state index is -0.599. The number of rotatable bonds is 5. The fourth-order valence-electron chi connectivity index (χ4n) is 2.70. The number of aromatic amines is 1. The molecule has 29 heavy (non-hydrogen) atoms. The van der Waals surface area contributed by atoms with Crippen LogP contribution in [0.3, 0.4) is 0 Å². The van der Waals surface area contributed by atoms with Crippen LogP contribution in [0.15, 0.2) is 48.8 Å². The van der Waals surface area contributed by atoms with Gasteiger partial charge in [0.2, 0.25) is 0 Å². The largest absolute Gasteiger partial charge is 0.354 e. The number of hydrogen-bond acceptors (Lipinski definition) is 4. The third kappa shape index (κ3) is 4.29. The van der Waals surface area contributed by atoms with Crippen LogP contribution >= 0.6 is 0 Å². The summed E-state index contributed by atoms with van der Waals surface area (Å²) in [5.41, 5.74) is 1.38. The summed E-state index contributed by atoms with van der Waals surface area (Å²) in [6.07, 6.45) is 1.25. The van der Waals surface area contributed by atoms with Gasteiger partial charge in [0.15, 0.2) is 5.69 Å². The molecule has 1 heterocycles. The lowest BCUT2D eigenvalue weighted by molar-refractivity contribution is 0.0943. The maximum atomic E-state index is 13.9. The zero-order chi connectivity index (χ0) is 21.0. The topological polar surface area (TPSA) is 116 Å². The summed E-state index contributed by atoms with van der Waals surface area (Å²) in [5, 5.41) is 7.66. The molecular formula is C20H18FN5O3. The Hall–Kier alpha value is -4.01. The van der Waals surface area contributed by atoms with Crippen molar-refractivity contribution in [2.75, 3.05) is 17.7 Å². The van der Waals surface area contributed by atoms with Crippen molar-refractivity contribution in [1.29, 1.82) is 0 Å². The van der Waals surface area contributed by atoms with Crippen LogP contribution in [0.4, 0.5) is 15.8 Å². The number of imidazole rings is 1. The van der Waals surface area contributed by atoms with Crippen molar-refractivity contribution >= 4 is 29.1 Å². The van der Waals surface area contributed by atoms with Gasteiger partial charge in [-0.2, -0.15) is 0 Å². The Kier molecular flexibility index (Phi) is 5.68. The molecule has 0 atom stereocenters. The zero-order valence-electron chi connectivity index (χ0n) is 15.7. The number of amides is 3. The van der Waals surface area contributed by atoms with Crippen LogP contribution < -0.4 is 16.0 Å². The number of halogens is 1. The lowest BCUT2D eigenvalue weighted by Gasteiger charge is -2.10. The Labute approximate surface area is 165 Å². The number of anilines is 2. The number of carbonyl (C=O) groups is 3. The van der Waals surface area contributed by atoms with E-state index in [2.05, 4.69) is 25.9 Å². The Morgan fingerprint density at radius 2 is 1.55 bits per heavy atom. The molecule has 3 amide bonds. The van der Waals surface area contributed by atoms with Crippen molar-refractivity contribution in [3.8, 4) is 0 Å². The molecule has 0 aliphatic heterocycles. The predicted octanol–water partition coefficient (Wildman–Crippen LogP) is 2.72. The van der Waals surface area contributed by atoms with Gasteiger partial charge in [-0.25, -0.2) is 9.37 Å². The fraction of sp³-hybridized carbons (Fsp3) is 0.100. The summed E-state index contributed by atoms with van der Waals surface area (Å²) < 4.78 is 13.9. The fourth-order valence-corrected chi connectivity index (χ4v) is 2.70. The highest BCUT2D eigenvalue weighted by atomic mass is 19.1. The van der Waals surface area contributed by atoms with Crippen molar-refractivity contribution in [2.24, 2.45) is 0 Å². The monoisotopic (exact) mass is 395 g/mol. The zero-order valence-corrected chi connectivity index (χ0v) is 15.7. The molecule has 0 aliphatic rings. The highest BCUT2D eigenvalue weighted by Crippen LogP contribution is 2.18. The number of aryl methyl sites for hydroxylation is 1. The molecule has 3 aromatic rings. The number of benzene rings is 2. The molecule has 8 nitrogen and oxygen atoms in total. The number of hydrogen-bond donors (Lipinski definition) is 4. The van der Waals surface area contributed by atoms with Crippen LogP contribution in [0.1, 0.15) is 36.9 Å². The van der Waals surface area contributed by atoms with Gasteiger partial charge in [0.1, 0.15) is 11.5 Å². The van der Waals surface area contributed by atoms with E-state index in [1.807, 2.05) is 0 Å². The van der Waals surface area contributed by atoms with Crippen LogP contribution in [0.5, 0.6) is 0 Å². The quantitative estimate of drug-likeness (QED) is 0.531. The van der Waals surface area contributed by atoms with Gasteiger partial charge in [-0.05, 0) is 42.8 Å². The lowest BCUT2D eigenvalue weighted by Crippen LogP contribution is -2.23. The third-order valence-electron chi connectivity index (χ3n) is 4.16. The Bertz CT molecular complexity index is 1060. The van der Waals surface area contributed by atoms with Gasteiger partial charge in [0, 0.05) is 18.4 Å². The molecule has 0 radical (unpaired) electrons. The summed E-state index contributed by atoms with van der Waals surface area (Å²) in [7, 11) is 1.44. The van der Waals surface area contributed by atoms with E-state index in [1.165, 1.54) is 25.5 Å². The number of nitrogens with one attached hydrogen (secondary N) is 4. The first-order chi connectivity index (χ1) is 13.9. The van der Waals surface area contributed by atoms with Gasteiger partial charge < -0.3 is 20.9 Å². The van der Waals surface area contributed by atoms with E-state index in [0.717, 1.165) is 0 Å². The Morgan fingerprint density at radius 3 is 2.14 bits per heavy atom. The number of aromatic nitrogens is 2. The van der Waals surface area contributed by atoms with Crippen LogP contribution in [0.2, 0.25) is 0 Å². The summed E-state index contributed by atoms with van der Waals surface area (Å²) >= 11 is 0. The Morgan fingerprint density at radius 1 is 0.931 bits per heavy atom. The molecule has 0 saturated carbocycles. The summed E-state index contributed by atoms with van der Waals surface area (Å²) in [6.45, 7) is 1.65. The van der Waals surface area contributed by atoms with Crippen molar-refractivity contribution in [3.63, 3.8) is 0 Å². The molecule has 0 fully saturated rings. The molecule has 3 rings (SSSR count).